The Bertz CT molecular complexity index is 525. The molecule has 1 N–H and O–H groups in total. The molecule has 0 spiro atoms. The molecule has 1 aromatic carbocycles. The number of hydrogen-bond acceptors (Lipinski definition) is 3. The van der Waals surface area contributed by atoms with Gasteiger partial charge in [0, 0.05) is 6.61 Å². The summed E-state index contributed by atoms with van der Waals surface area (Å²) in [7, 11) is 0. The summed E-state index contributed by atoms with van der Waals surface area (Å²) in [6, 6.07) is 9.39. The number of nitrogens with zero attached hydrogens (tertiary/aromatic N) is 1. The fourth-order valence-corrected chi connectivity index (χ4v) is 2.92. The molecule has 0 radical (unpaired) electrons. The first-order valence-corrected chi connectivity index (χ1v) is 6.86. The molecular weight excluding hydrogens is 256 g/mol. The number of nitrogens with one attached hydrogen (secondary N) is 1. The molecule has 20 heavy (non-hydrogen) atoms. The molecule has 2 unspecified atom stereocenters. The number of piperazine rings is 1. The maximum absolute atomic E-state index is 12.8. The van der Waals surface area contributed by atoms with Gasteiger partial charge in [0.1, 0.15) is 12.1 Å². The predicted molar refractivity (Wildman–Crippen MR) is 72.9 cm³/mol. The third-order valence-electron chi connectivity index (χ3n) is 4.09. The topological polar surface area (TPSA) is 58.6 Å². The van der Waals surface area contributed by atoms with Crippen molar-refractivity contribution in [2.75, 3.05) is 19.8 Å². The van der Waals surface area contributed by atoms with Crippen molar-refractivity contribution in [1.82, 2.24) is 10.2 Å². The largest absolute Gasteiger partial charge is 0.379 e. The number of ether oxygens (including phenoxy) is 1. The summed E-state index contributed by atoms with van der Waals surface area (Å²) in [4.78, 5) is 26.5. The van der Waals surface area contributed by atoms with Gasteiger partial charge >= 0.3 is 0 Å². The molecule has 2 amide bonds. The molecule has 0 bridgehead atoms. The number of amides is 2. The minimum absolute atomic E-state index is 0.0107. The smallest absolute Gasteiger partial charge is 0.253 e. The molecule has 106 valence electrons. The third kappa shape index (κ3) is 2.08. The van der Waals surface area contributed by atoms with Crippen molar-refractivity contribution in [2.24, 2.45) is 0 Å². The molecule has 2 saturated heterocycles. The quantitative estimate of drug-likeness (QED) is 0.861. The van der Waals surface area contributed by atoms with E-state index in [1.807, 2.05) is 30.3 Å². The Labute approximate surface area is 117 Å². The maximum Gasteiger partial charge on any atom is 0.253 e. The Morgan fingerprint density at radius 3 is 2.70 bits per heavy atom. The van der Waals surface area contributed by atoms with Gasteiger partial charge in [-0.05, 0) is 18.9 Å². The van der Waals surface area contributed by atoms with E-state index in [1.54, 1.807) is 11.8 Å². The summed E-state index contributed by atoms with van der Waals surface area (Å²) in [5, 5.41) is 2.84. The summed E-state index contributed by atoms with van der Waals surface area (Å²) >= 11 is 0. The monoisotopic (exact) mass is 274 g/mol. The summed E-state index contributed by atoms with van der Waals surface area (Å²) < 4.78 is 5.34. The minimum Gasteiger partial charge on any atom is -0.379 e. The van der Waals surface area contributed by atoms with E-state index >= 15 is 0 Å². The lowest BCUT2D eigenvalue weighted by molar-refractivity contribution is -0.152. The maximum atomic E-state index is 12.8. The van der Waals surface area contributed by atoms with Gasteiger partial charge in [-0.25, -0.2) is 0 Å². The van der Waals surface area contributed by atoms with E-state index in [0.717, 1.165) is 12.0 Å². The first-order chi connectivity index (χ1) is 9.61. The van der Waals surface area contributed by atoms with Crippen LogP contribution in [0.15, 0.2) is 30.3 Å². The number of carbonyl (C=O) groups is 2. The van der Waals surface area contributed by atoms with Crippen LogP contribution in [0.3, 0.4) is 0 Å². The van der Waals surface area contributed by atoms with E-state index in [4.69, 9.17) is 4.74 Å². The number of hydrogen-bond donors (Lipinski definition) is 1. The molecule has 2 heterocycles. The zero-order valence-electron chi connectivity index (χ0n) is 11.5. The van der Waals surface area contributed by atoms with Crippen LogP contribution in [0, 0.1) is 0 Å². The lowest BCUT2D eigenvalue weighted by Gasteiger charge is -2.42. The highest BCUT2D eigenvalue weighted by atomic mass is 16.5. The van der Waals surface area contributed by atoms with Crippen LogP contribution < -0.4 is 5.32 Å². The molecule has 2 fully saturated rings. The van der Waals surface area contributed by atoms with Gasteiger partial charge in [-0.2, -0.15) is 0 Å². The van der Waals surface area contributed by atoms with Gasteiger partial charge in [0.05, 0.1) is 12.6 Å². The van der Waals surface area contributed by atoms with Gasteiger partial charge in [-0.1, -0.05) is 30.3 Å². The summed E-state index contributed by atoms with van der Waals surface area (Å²) in [5.74, 6) is -0.179. The van der Waals surface area contributed by atoms with Crippen LogP contribution in [0.2, 0.25) is 0 Å². The van der Waals surface area contributed by atoms with Gasteiger partial charge < -0.3 is 15.0 Å². The summed E-state index contributed by atoms with van der Waals surface area (Å²) in [6.45, 7) is 3.06. The molecule has 0 aromatic heterocycles. The van der Waals surface area contributed by atoms with Crippen molar-refractivity contribution < 1.29 is 14.3 Å². The SMILES string of the molecule is CC1(c2ccccc2)NC(=O)CN(C2CCOC2)C1=O. The van der Waals surface area contributed by atoms with E-state index < -0.39 is 5.54 Å². The van der Waals surface area contributed by atoms with Crippen LogP contribution in [-0.2, 0) is 19.9 Å². The Kier molecular flexibility index (Phi) is 3.22. The lowest BCUT2D eigenvalue weighted by atomic mass is 9.88. The summed E-state index contributed by atoms with van der Waals surface area (Å²) in [5.41, 5.74) is -0.180. The van der Waals surface area contributed by atoms with E-state index in [-0.39, 0.29) is 24.4 Å². The van der Waals surface area contributed by atoms with Crippen molar-refractivity contribution in [3.63, 3.8) is 0 Å². The predicted octanol–water partition coefficient (Wildman–Crippen LogP) is 0.649. The fourth-order valence-electron chi connectivity index (χ4n) is 2.92. The molecular formula is C15H18N2O3. The Balaban J connectivity index is 1.94. The molecule has 5 nitrogen and oxygen atoms in total. The number of benzene rings is 1. The first kappa shape index (κ1) is 13.1. The molecule has 2 aliphatic heterocycles. The van der Waals surface area contributed by atoms with Gasteiger partial charge in [-0.15, -0.1) is 0 Å². The van der Waals surface area contributed by atoms with Crippen molar-refractivity contribution in [3.05, 3.63) is 35.9 Å². The third-order valence-corrected chi connectivity index (χ3v) is 4.09. The van der Waals surface area contributed by atoms with Crippen LogP contribution in [0.25, 0.3) is 0 Å². The molecule has 5 heteroatoms. The second-order valence-corrected chi connectivity index (χ2v) is 5.49. The average molecular weight is 274 g/mol. The van der Waals surface area contributed by atoms with Crippen molar-refractivity contribution in [3.8, 4) is 0 Å². The van der Waals surface area contributed by atoms with Crippen molar-refractivity contribution in [1.29, 1.82) is 0 Å². The normalized spacial score (nSPS) is 30.4. The standard InChI is InChI=1S/C15H18N2O3/c1-15(11-5-3-2-4-6-11)14(19)17(9-13(18)16-15)12-7-8-20-10-12/h2-6,12H,7-10H2,1H3,(H,16,18). The van der Waals surface area contributed by atoms with Crippen LogP contribution in [-0.4, -0.2) is 42.5 Å². The first-order valence-electron chi connectivity index (χ1n) is 6.86. The van der Waals surface area contributed by atoms with E-state index in [0.29, 0.717) is 13.2 Å². The number of carbonyl (C=O) groups excluding carboxylic acids is 2. The minimum atomic E-state index is -0.987. The van der Waals surface area contributed by atoms with E-state index in [2.05, 4.69) is 5.32 Å². The molecule has 0 aliphatic carbocycles. The zero-order chi connectivity index (χ0) is 14.2. The van der Waals surface area contributed by atoms with Crippen LogP contribution in [0.4, 0.5) is 0 Å². The Morgan fingerprint density at radius 2 is 2.05 bits per heavy atom. The van der Waals surface area contributed by atoms with Gasteiger partial charge in [0.2, 0.25) is 5.91 Å². The van der Waals surface area contributed by atoms with E-state index in [9.17, 15) is 9.59 Å². The molecule has 0 saturated carbocycles. The highest BCUT2D eigenvalue weighted by molar-refractivity contribution is 5.98. The fraction of sp³-hybridized carbons (Fsp3) is 0.467. The second kappa shape index (κ2) is 4.90. The Morgan fingerprint density at radius 1 is 1.30 bits per heavy atom. The molecule has 2 atom stereocenters. The highest BCUT2D eigenvalue weighted by Crippen LogP contribution is 2.28. The van der Waals surface area contributed by atoms with E-state index in [1.165, 1.54) is 0 Å². The van der Waals surface area contributed by atoms with Crippen LogP contribution >= 0.6 is 0 Å². The lowest BCUT2D eigenvalue weighted by Crippen LogP contribution is -2.65. The zero-order valence-corrected chi connectivity index (χ0v) is 11.5. The van der Waals surface area contributed by atoms with Gasteiger partial charge in [0.15, 0.2) is 0 Å². The van der Waals surface area contributed by atoms with Gasteiger partial charge in [0.25, 0.3) is 5.91 Å². The molecule has 3 rings (SSSR count). The van der Waals surface area contributed by atoms with Crippen molar-refractivity contribution >= 4 is 11.8 Å². The van der Waals surface area contributed by atoms with Crippen LogP contribution in [0.5, 0.6) is 0 Å². The Hall–Kier alpha value is -1.88. The van der Waals surface area contributed by atoms with Crippen molar-refractivity contribution in [2.45, 2.75) is 24.9 Å². The molecule has 1 aromatic rings. The highest BCUT2D eigenvalue weighted by Gasteiger charge is 2.46. The van der Waals surface area contributed by atoms with Gasteiger partial charge in [-0.3, -0.25) is 9.59 Å². The summed E-state index contributed by atoms with van der Waals surface area (Å²) in [6.07, 6.45) is 0.796. The molecule has 2 aliphatic rings. The van der Waals surface area contributed by atoms with Crippen LogP contribution in [0.1, 0.15) is 18.9 Å². The average Bonchev–Trinajstić information content (AvgIpc) is 2.98. The second-order valence-electron chi connectivity index (χ2n) is 5.49. The number of rotatable bonds is 2.